The van der Waals surface area contributed by atoms with Crippen LogP contribution < -0.4 is 0 Å². The molecule has 0 spiro atoms. The highest BCUT2D eigenvalue weighted by molar-refractivity contribution is 8.26. The Morgan fingerprint density at radius 2 is 1.80 bits per heavy atom. The molecule has 3 fully saturated rings. The lowest BCUT2D eigenvalue weighted by molar-refractivity contribution is -0.123. The van der Waals surface area contributed by atoms with E-state index in [-0.39, 0.29) is 16.8 Å². The predicted molar refractivity (Wildman–Crippen MR) is 163 cm³/mol. The third-order valence-corrected chi connectivity index (χ3v) is 11.1. The number of nitrogens with zero attached hydrogens (tertiary/aromatic N) is 4. The molecule has 3 aliphatic rings. The monoisotopic (exact) mass is 592 g/mol. The molecular weight excluding hydrogens is 561 g/mol. The fraction of sp³-hybridized carbons (Fsp3) is 0.367. The number of hydrogen-bond acceptors (Lipinski definition) is 6. The Labute approximate surface area is 245 Å². The quantitative estimate of drug-likeness (QED) is 0.254. The zero-order valence-electron chi connectivity index (χ0n) is 22.4. The zero-order chi connectivity index (χ0) is 27.9. The number of piperidine rings is 1. The highest BCUT2D eigenvalue weighted by atomic mass is 32.2. The minimum absolute atomic E-state index is 0.0594. The average Bonchev–Trinajstić information content (AvgIpc) is 3.69. The summed E-state index contributed by atoms with van der Waals surface area (Å²) < 4.78 is 31.1. The molecule has 1 unspecified atom stereocenters. The minimum atomic E-state index is -3.64. The maximum atomic E-state index is 13.6. The molecule has 2 aromatic carbocycles. The van der Waals surface area contributed by atoms with Crippen molar-refractivity contribution >= 4 is 50.3 Å². The number of rotatable bonds is 6. The second kappa shape index (κ2) is 11.2. The Morgan fingerprint density at radius 1 is 1.02 bits per heavy atom. The van der Waals surface area contributed by atoms with Gasteiger partial charge in [0.05, 0.1) is 15.5 Å². The van der Waals surface area contributed by atoms with Crippen molar-refractivity contribution < 1.29 is 13.2 Å². The summed E-state index contributed by atoms with van der Waals surface area (Å²) in [7, 11) is -3.64. The van der Waals surface area contributed by atoms with Crippen LogP contribution in [0, 0.1) is 5.92 Å². The van der Waals surface area contributed by atoms with Crippen LogP contribution >= 0.6 is 24.0 Å². The number of hydrogen-bond donors (Lipinski definition) is 0. The molecule has 3 heterocycles. The average molecular weight is 593 g/mol. The maximum absolute atomic E-state index is 13.6. The Hall–Kier alpha value is -2.79. The summed E-state index contributed by atoms with van der Waals surface area (Å²) in [5, 5.41) is 4.88. The van der Waals surface area contributed by atoms with Crippen LogP contribution in [0.25, 0.3) is 23.0 Å². The number of aromatic nitrogens is 2. The van der Waals surface area contributed by atoms with Gasteiger partial charge in [-0.1, -0.05) is 74.1 Å². The minimum Gasteiger partial charge on any atom is -0.290 e. The zero-order valence-corrected chi connectivity index (χ0v) is 24.9. The number of thiocarbonyl (C=S) groups is 1. The summed E-state index contributed by atoms with van der Waals surface area (Å²) in [6.07, 6.45) is 9.84. The molecule has 0 bridgehead atoms. The molecule has 2 saturated heterocycles. The topological polar surface area (TPSA) is 75.5 Å². The summed E-state index contributed by atoms with van der Waals surface area (Å²) in [5.41, 5.74) is 2.89. The molecular formula is C30H32N4O3S3. The van der Waals surface area contributed by atoms with Crippen LogP contribution in [0.15, 0.2) is 70.6 Å². The SMILES string of the molecule is CC1CCCN(S(=O)(=O)c2cccc(-c3nn(-c4ccccc4)cc3C=C3SC(=S)N(C4CCCC4)C3=O)c2)C1. The Kier molecular flexibility index (Phi) is 7.69. The lowest BCUT2D eigenvalue weighted by Crippen LogP contribution is -2.39. The summed E-state index contributed by atoms with van der Waals surface area (Å²) in [6, 6.07) is 16.9. The van der Waals surface area contributed by atoms with Gasteiger partial charge in [0.1, 0.15) is 10.0 Å². The number of carbonyl (C=O) groups excluding carboxylic acids is 1. The first-order valence-corrected chi connectivity index (χ1v) is 16.5. The van der Waals surface area contributed by atoms with E-state index in [2.05, 4.69) is 6.92 Å². The molecule has 0 N–H and O–H groups in total. The van der Waals surface area contributed by atoms with Gasteiger partial charge >= 0.3 is 0 Å². The largest absolute Gasteiger partial charge is 0.290 e. The number of sulfonamides is 1. The lowest BCUT2D eigenvalue weighted by Gasteiger charge is -2.30. The number of thioether (sulfide) groups is 1. The van der Waals surface area contributed by atoms with Crippen LogP contribution in [-0.2, 0) is 14.8 Å². The van der Waals surface area contributed by atoms with Gasteiger partial charge in [-0.3, -0.25) is 9.69 Å². The van der Waals surface area contributed by atoms with Gasteiger partial charge in [0, 0.05) is 36.5 Å². The van der Waals surface area contributed by atoms with Gasteiger partial charge in [-0.05, 0) is 61.9 Å². The maximum Gasteiger partial charge on any atom is 0.266 e. The second-order valence-electron chi connectivity index (χ2n) is 10.8. The van der Waals surface area contributed by atoms with E-state index >= 15 is 0 Å². The van der Waals surface area contributed by atoms with E-state index in [0.717, 1.165) is 49.8 Å². The second-order valence-corrected chi connectivity index (χ2v) is 14.5. The van der Waals surface area contributed by atoms with Crippen LogP contribution in [0.3, 0.4) is 0 Å². The van der Waals surface area contributed by atoms with Gasteiger partial charge < -0.3 is 0 Å². The normalized spacial score (nSPS) is 22.1. The molecule has 10 heteroatoms. The molecule has 208 valence electrons. The molecule has 1 amide bonds. The third-order valence-electron chi connectivity index (χ3n) is 7.93. The van der Waals surface area contributed by atoms with E-state index in [1.165, 1.54) is 11.8 Å². The van der Waals surface area contributed by atoms with E-state index in [9.17, 15) is 13.2 Å². The molecule has 2 aliphatic heterocycles. The predicted octanol–water partition coefficient (Wildman–Crippen LogP) is 6.10. The van der Waals surface area contributed by atoms with Gasteiger partial charge in [-0.15, -0.1) is 0 Å². The summed E-state index contributed by atoms with van der Waals surface area (Å²) in [4.78, 5) is 16.1. The number of amides is 1. The van der Waals surface area contributed by atoms with E-state index in [4.69, 9.17) is 17.3 Å². The highest BCUT2D eigenvalue weighted by Crippen LogP contribution is 2.39. The van der Waals surface area contributed by atoms with Gasteiger partial charge in [0.15, 0.2) is 0 Å². The van der Waals surface area contributed by atoms with Gasteiger partial charge in [-0.2, -0.15) is 9.40 Å². The first kappa shape index (κ1) is 27.4. The van der Waals surface area contributed by atoms with Gasteiger partial charge in [-0.25, -0.2) is 13.1 Å². The lowest BCUT2D eigenvalue weighted by atomic mass is 10.0. The van der Waals surface area contributed by atoms with E-state index < -0.39 is 10.0 Å². The number of para-hydroxylation sites is 1. The summed E-state index contributed by atoms with van der Waals surface area (Å²) in [6.45, 7) is 3.16. The van der Waals surface area contributed by atoms with Crippen molar-refractivity contribution in [2.45, 2.75) is 56.4 Å². The smallest absolute Gasteiger partial charge is 0.266 e. The molecule has 3 aromatic rings. The number of benzene rings is 2. The van der Waals surface area contributed by atoms with Crippen molar-refractivity contribution in [2.75, 3.05) is 13.1 Å². The van der Waals surface area contributed by atoms with Gasteiger partial charge in [0.2, 0.25) is 10.0 Å². The fourth-order valence-corrected chi connectivity index (χ4v) is 8.88. The van der Waals surface area contributed by atoms with Gasteiger partial charge in [0.25, 0.3) is 5.91 Å². The van der Waals surface area contributed by atoms with E-state index in [1.807, 2.05) is 48.7 Å². The molecule has 1 saturated carbocycles. The first-order valence-electron chi connectivity index (χ1n) is 13.8. The molecule has 1 aliphatic carbocycles. The van der Waals surface area contributed by atoms with Crippen molar-refractivity contribution in [3.05, 3.63) is 71.3 Å². The van der Waals surface area contributed by atoms with Crippen molar-refractivity contribution in [3.63, 3.8) is 0 Å². The Bertz CT molecular complexity index is 1580. The molecule has 0 radical (unpaired) electrons. The van der Waals surface area contributed by atoms with Crippen LogP contribution in [0.5, 0.6) is 0 Å². The van der Waals surface area contributed by atoms with Crippen LogP contribution in [0.1, 0.15) is 51.0 Å². The highest BCUT2D eigenvalue weighted by Gasteiger charge is 2.38. The van der Waals surface area contributed by atoms with Crippen molar-refractivity contribution in [3.8, 4) is 16.9 Å². The van der Waals surface area contributed by atoms with Crippen molar-refractivity contribution in [1.82, 2.24) is 19.0 Å². The first-order chi connectivity index (χ1) is 19.3. The van der Waals surface area contributed by atoms with Crippen molar-refractivity contribution in [2.24, 2.45) is 5.92 Å². The Balaban J connectivity index is 1.40. The van der Waals surface area contributed by atoms with E-state index in [0.29, 0.717) is 39.5 Å². The fourth-order valence-electron chi connectivity index (χ4n) is 5.85. The van der Waals surface area contributed by atoms with Crippen LogP contribution in [0.2, 0.25) is 0 Å². The van der Waals surface area contributed by atoms with Crippen molar-refractivity contribution in [1.29, 1.82) is 0 Å². The standard InChI is InChI=1S/C30H32N4O3S3/c1-21-9-8-16-32(19-21)40(36,37)26-15-7-10-22(17-26)28-23(20-33(31-28)24-11-3-2-4-12-24)18-27-29(35)34(30(38)39-27)25-13-5-6-14-25/h2-4,7,10-12,15,17-18,20-21,25H,5-6,8-9,13-14,16,19H2,1H3. The van der Waals surface area contributed by atoms with E-state index in [1.54, 1.807) is 32.1 Å². The third kappa shape index (κ3) is 5.30. The molecule has 7 nitrogen and oxygen atoms in total. The summed E-state index contributed by atoms with van der Waals surface area (Å²) in [5.74, 6) is 0.277. The Morgan fingerprint density at radius 3 is 2.55 bits per heavy atom. The number of carbonyl (C=O) groups is 1. The summed E-state index contributed by atoms with van der Waals surface area (Å²) >= 11 is 6.95. The molecule has 1 atom stereocenters. The molecule has 40 heavy (non-hydrogen) atoms. The molecule has 1 aromatic heterocycles. The van der Waals surface area contributed by atoms with Crippen LogP contribution in [0.4, 0.5) is 0 Å². The van der Waals surface area contributed by atoms with Crippen LogP contribution in [-0.4, -0.2) is 56.8 Å². The molecule has 6 rings (SSSR count).